The summed E-state index contributed by atoms with van der Waals surface area (Å²) in [7, 11) is 0. The second-order valence-electron chi connectivity index (χ2n) is 4.20. The van der Waals surface area contributed by atoms with Crippen LogP contribution in [0.3, 0.4) is 0 Å². The van der Waals surface area contributed by atoms with Crippen molar-refractivity contribution in [3.05, 3.63) is 29.7 Å². The fraction of sp³-hybridized carbons (Fsp3) is 0.643. The van der Waals surface area contributed by atoms with Crippen molar-refractivity contribution in [2.24, 2.45) is 0 Å². The molecule has 0 aromatic carbocycles. The first-order valence-electron chi connectivity index (χ1n) is 6.07. The van der Waals surface area contributed by atoms with E-state index in [4.69, 9.17) is 5.11 Å². The molecule has 0 spiro atoms. The molecule has 0 rings (SSSR count). The van der Waals surface area contributed by atoms with Crippen LogP contribution in [0.2, 0.25) is 0 Å². The van der Waals surface area contributed by atoms with Crippen molar-refractivity contribution < 1.29 is 5.11 Å². The summed E-state index contributed by atoms with van der Waals surface area (Å²) < 4.78 is 0. The number of allylic oxidation sites excluding steroid dienone is 1. The van der Waals surface area contributed by atoms with Gasteiger partial charge in [-0.1, -0.05) is 26.0 Å². The van der Waals surface area contributed by atoms with Gasteiger partial charge in [0.15, 0.2) is 0 Å². The lowest BCUT2D eigenvalue weighted by atomic mass is 10.1. The maximum Gasteiger partial charge on any atom is 0.0719 e. The monoisotopic (exact) mass is 223 g/mol. The molecule has 2 heteroatoms. The van der Waals surface area contributed by atoms with Crippen LogP contribution in [0.4, 0.5) is 0 Å². The van der Waals surface area contributed by atoms with Crippen molar-refractivity contribution in [3.8, 4) is 0 Å². The second kappa shape index (κ2) is 9.26. The van der Waals surface area contributed by atoms with E-state index in [0.29, 0.717) is 0 Å². The summed E-state index contributed by atoms with van der Waals surface area (Å²) in [5.74, 6) is 0. The Morgan fingerprint density at radius 3 is 2.25 bits per heavy atom. The Morgan fingerprint density at radius 2 is 1.88 bits per heavy atom. The molecule has 0 saturated heterocycles. The summed E-state index contributed by atoms with van der Waals surface area (Å²) in [6.07, 6.45) is 4.97. The first-order valence-corrected chi connectivity index (χ1v) is 6.07. The van der Waals surface area contributed by atoms with Gasteiger partial charge in [-0.15, -0.1) is 5.73 Å². The average molecular weight is 223 g/mol. The minimum Gasteiger partial charge on any atom is -0.391 e. The zero-order valence-electron chi connectivity index (χ0n) is 10.9. The van der Waals surface area contributed by atoms with Crippen LogP contribution in [0.5, 0.6) is 0 Å². The summed E-state index contributed by atoms with van der Waals surface area (Å²) in [6, 6.07) is 0. The van der Waals surface area contributed by atoms with Crippen LogP contribution in [0.25, 0.3) is 0 Å². The van der Waals surface area contributed by atoms with E-state index in [0.717, 1.165) is 43.5 Å². The molecule has 0 saturated carbocycles. The third-order valence-corrected chi connectivity index (χ3v) is 2.18. The highest BCUT2D eigenvalue weighted by Crippen LogP contribution is 2.06. The number of aliphatic hydroxyl groups excluding tert-OH is 1. The van der Waals surface area contributed by atoms with E-state index in [1.807, 2.05) is 13.1 Å². The predicted molar refractivity (Wildman–Crippen MR) is 70.3 cm³/mol. The van der Waals surface area contributed by atoms with Gasteiger partial charge in [-0.25, -0.2) is 0 Å². The van der Waals surface area contributed by atoms with E-state index < -0.39 is 0 Å². The normalized spacial score (nSPS) is 9.50. The smallest absolute Gasteiger partial charge is 0.0719 e. The van der Waals surface area contributed by atoms with E-state index in [1.165, 1.54) is 0 Å². The molecule has 0 aliphatic heterocycles. The van der Waals surface area contributed by atoms with Gasteiger partial charge in [0.2, 0.25) is 0 Å². The van der Waals surface area contributed by atoms with E-state index in [9.17, 15) is 0 Å². The maximum atomic E-state index is 9.17. The molecule has 92 valence electrons. The van der Waals surface area contributed by atoms with E-state index in [-0.39, 0.29) is 6.61 Å². The molecule has 0 atom stereocenters. The molecule has 2 nitrogen and oxygen atoms in total. The van der Waals surface area contributed by atoms with Gasteiger partial charge in [0.25, 0.3) is 0 Å². The highest BCUT2D eigenvalue weighted by Gasteiger charge is 1.97. The van der Waals surface area contributed by atoms with Crippen molar-refractivity contribution in [1.82, 2.24) is 4.90 Å². The first kappa shape index (κ1) is 15.0. The van der Waals surface area contributed by atoms with Gasteiger partial charge >= 0.3 is 0 Å². The van der Waals surface area contributed by atoms with Gasteiger partial charge in [-0.3, -0.25) is 0 Å². The topological polar surface area (TPSA) is 23.5 Å². The third kappa shape index (κ3) is 7.33. The lowest BCUT2D eigenvalue weighted by molar-refractivity contribution is 0.328. The first-order chi connectivity index (χ1) is 7.63. The molecule has 0 unspecified atom stereocenters. The van der Waals surface area contributed by atoms with Crippen LogP contribution in [0, 0.1) is 0 Å². The Balaban J connectivity index is 4.54. The molecule has 0 aliphatic carbocycles. The fourth-order valence-corrected chi connectivity index (χ4v) is 1.51. The van der Waals surface area contributed by atoms with Crippen molar-refractivity contribution in [2.75, 3.05) is 19.7 Å². The highest BCUT2D eigenvalue weighted by atomic mass is 16.3. The number of hydrogen-bond acceptors (Lipinski definition) is 2. The molecule has 0 amide bonds. The zero-order valence-corrected chi connectivity index (χ0v) is 10.9. The Bertz CT molecular complexity index is 256. The lowest BCUT2D eigenvalue weighted by Gasteiger charge is -2.17. The summed E-state index contributed by atoms with van der Waals surface area (Å²) in [5.41, 5.74) is 5.14. The molecule has 0 fully saturated rings. The summed E-state index contributed by atoms with van der Waals surface area (Å²) in [4.78, 5) is 2.24. The number of aliphatic hydroxyl groups is 1. The summed E-state index contributed by atoms with van der Waals surface area (Å²) in [6.45, 7) is 12.3. The van der Waals surface area contributed by atoms with Crippen LogP contribution in [0.15, 0.2) is 29.7 Å². The van der Waals surface area contributed by atoms with E-state index >= 15 is 0 Å². The Hall–Kier alpha value is -0.980. The highest BCUT2D eigenvalue weighted by molar-refractivity contribution is 5.11. The van der Waals surface area contributed by atoms with Crippen molar-refractivity contribution in [3.63, 3.8) is 0 Å². The molecule has 16 heavy (non-hydrogen) atoms. The average Bonchev–Trinajstić information content (AvgIpc) is 2.24. The Labute approximate surface area is 100.0 Å². The maximum absolute atomic E-state index is 9.17. The Morgan fingerprint density at radius 1 is 1.31 bits per heavy atom. The molecule has 0 heterocycles. The zero-order chi connectivity index (χ0) is 12.4. The molecule has 0 aromatic rings. The second-order valence-corrected chi connectivity index (χ2v) is 4.20. The van der Waals surface area contributed by atoms with Gasteiger partial charge < -0.3 is 10.0 Å². The summed E-state index contributed by atoms with van der Waals surface area (Å²) >= 11 is 0. The number of hydrogen-bond donors (Lipinski definition) is 1. The minimum atomic E-state index is 0.0649. The van der Waals surface area contributed by atoms with Gasteiger partial charge in [0, 0.05) is 24.9 Å². The molecule has 0 aromatic heterocycles. The summed E-state index contributed by atoms with van der Waals surface area (Å²) in [5, 5.41) is 9.17. The molecule has 1 N–H and O–H groups in total. The largest absolute Gasteiger partial charge is 0.391 e. The number of nitrogens with zero attached hydrogens (tertiary/aromatic N) is 1. The van der Waals surface area contributed by atoms with Crippen LogP contribution in [-0.2, 0) is 0 Å². The van der Waals surface area contributed by atoms with Crippen molar-refractivity contribution in [2.45, 2.75) is 40.0 Å². The molecule has 0 aliphatic rings. The predicted octanol–water partition coefficient (Wildman–Crippen LogP) is 3.11. The lowest BCUT2D eigenvalue weighted by Crippen LogP contribution is -2.18. The van der Waals surface area contributed by atoms with Gasteiger partial charge in [0.05, 0.1) is 6.61 Å². The van der Waals surface area contributed by atoms with Crippen LogP contribution < -0.4 is 0 Å². The van der Waals surface area contributed by atoms with Crippen molar-refractivity contribution in [1.29, 1.82) is 0 Å². The Kier molecular flexibility index (Phi) is 8.69. The van der Waals surface area contributed by atoms with Crippen molar-refractivity contribution >= 4 is 0 Å². The van der Waals surface area contributed by atoms with E-state index in [1.54, 1.807) is 0 Å². The molecular formula is C14H25NO. The number of rotatable bonds is 8. The van der Waals surface area contributed by atoms with Crippen LogP contribution in [-0.4, -0.2) is 29.7 Å². The van der Waals surface area contributed by atoms with Gasteiger partial charge in [0.1, 0.15) is 0 Å². The molecular weight excluding hydrogens is 198 g/mol. The minimum absolute atomic E-state index is 0.0649. The van der Waals surface area contributed by atoms with E-state index in [2.05, 4.69) is 31.1 Å². The SMILES string of the molecule is C=C(C)CC(=C=CN(CCC)CCC)CO. The van der Waals surface area contributed by atoms with Crippen LogP contribution >= 0.6 is 0 Å². The standard InChI is InChI=1S/C14H25NO/c1-5-8-15(9-6-2)10-7-14(12-16)11-13(3)4/h10,16H,3,5-6,8-9,11-12H2,1-2,4H3. The quantitative estimate of drug-likeness (QED) is 0.505. The fourth-order valence-electron chi connectivity index (χ4n) is 1.51. The third-order valence-electron chi connectivity index (χ3n) is 2.18. The van der Waals surface area contributed by atoms with Gasteiger partial charge in [-0.2, -0.15) is 0 Å². The molecule has 0 bridgehead atoms. The molecule has 0 radical (unpaired) electrons. The van der Waals surface area contributed by atoms with Crippen LogP contribution in [0.1, 0.15) is 40.0 Å². The van der Waals surface area contributed by atoms with Gasteiger partial charge in [-0.05, 0) is 26.2 Å².